The standard InChI is InChI=1S/C13H25NO5S/c1-3-5-13(12(15)16)6-8-14(9-7-13)20(17,18)11-10-19-4-2/h3-11H2,1-2H3,(H,15,16). The normalized spacial score (nSPS) is 19.9. The van der Waals surface area contributed by atoms with Gasteiger partial charge >= 0.3 is 5.97 Å². The minimum atomic E-state index is -3.33. The van der Waals surface area contributed by atoms with Crippen molar-refractivity contribution >= 4 is 16.0 Å². The summed E-state index contributed by atoms with van der Waals surface area (Å²) in [6.07, 6.45) is 2.19. The number of aliphatic carboxylic acids is 1. The van der Waals surface area contributed by atoms with E-state index >= 15 is 0 Å². The van der Waals surface area contributed by atoms with Gasteiger partial charge in [0.05, 0.1) is 17.8 Å². The zero-order chi connectivity index (χ0) is 15.2. The molecule has 0 spiro atoms. The molecule has 0 radical (unpaired) electrons. The SMILES string of the molecule is CCCC1(C(=O)O)CCN(S(=O)(=O)CCOCC)CC1. The number of carbonyl (C=O) groups is 1. The maximum Gasteiger partial charge on any atom is 0.309 e. The Hall–Kier alpha value is -0.660. The van der Waals surface area contributed by atoms with E-state index in [0.29, 0.717) is 39.0 Å². The van der Waals surface area contributed by atoms with Crippen molar-refractivity contribution in [3.63, 3.8) is 0 Å². The van der Waals surface area contributed by atoms with Gasteiger partial charge in [-0.2, -0.15) is 0 Å². The summed E-state index contributed by atoms with van der Waals surface area (Å²) in [7, 11) is -3.33. The van der Waals surface area contributed by atoms with Crippen LogP contribution in [0.25, 0.3) is 0 Å². The lowest BCUT2D eigenvalue weighted by Gasteiger charge is -2.38. The molecule has 0 aromatic heterocycles. The summed E-state index contributed by atoms with van der Waals surface area (Å²) in [4.78, 5) is 11.4. The fourth-order valence-corrected chi connectivity index (χ4v) is 4.01. The molecule has 7 heteroatoms. The maximum atomic E-state index is 12.1. The molecule has 1 saturated heterocycles. The molecule has 20 heavy (non-hydrogen) atoms. The van der Waals surface area contributed by atoms with Gasteiger partial charge in [-0.15, -0.1) is 0 Å². The molecule has 0 amide bonds. The van der Waals surface area contributed by atoms with Crippen LogP contribution in [0, 0.1) is 5.41 Å². The molecule has 1 aliphatic rings. The van der Waals surface area contributed by atoms with E-state index in [4.69, 9.17) is 4.74 Å². The van der Waals surface area contributed by atoms with Crippen molar-refractivity contribution in [3.05, 3.63) is 0 Å². The molecular weight excluding hydrogens is 282 g/mol. The smallest absolute Gasteiger partial charge is 0.309 e. The topological polar surface area (TPSA) is 83.9 Å². The minimum Gasteiger partial charge on any atom is -0.481 e. The van der Waals surface area contributed by atoms with E-state index in [1.807, 2.05) is 13.8 Å². The molecule has 0 atom stereocenters. The van der Waals surface area contributed by atoms with Gasteiger partial charge in [0.1, 0.15) is 0 Å². The highest BCUT2D eigenvalue weighted by atomic mass is 32.2. The Balaban J connectivity index is 2.62. The van der Waals surface area contributed by atoms with Gasteiger partial charge in [0.15, 0.2) is 0 Å². The molecule has 0 saturated carbocycles. The van der Waals surface area contributed by atoms with Gasteiger partial charge in [-0.25, -0.2) is 12.7 Å². The molecule has 0 bridgehead atoms. The summed E-state index contributed by atoms with van der Waals surface area (Å²) >= 11 is 0. The summed E-state index contributed by atoms with van der Waals surface area (Å²) in [5.74, 6) is -0.833. The van der Waals surface area contributed by atoms with Crippen LogP contribution < -0.4 is 0 Å². The van der Waals surface area contributed by atoms with E-state index in [2.05, 4.69) is 0 Å². The van der Waals surface area contributed by atoms with Crippen molar-refractivity contribution in [1.29, 1.82) is 0 Å². The zero-order valence-electron chi connectivity index (χ0n) is 12.3. The molecule has 0 unspecified atom stereocenters. The Morgan fingerprint density at radius 3 is 2.35 bits per heavy atom. The van der Waals surface area contributed by atoms with Gasteiger partial charge in [0, 0.05) is 19.7 Å². The summed E-state index contributed by atoms with van der Waals surface area (Å²) in [5, 5.41) is 9.39. The lowest BCUT2D eigenvalue weighted by Crippen LogP contribution is -2.47. The second-order valence-electron chi connectivity index (χ2n) is 5.25. The number of rotatable bonds is 8. The summed E-state index contributed by atoms with van der Waals surface area (Å²) in [5.41, 5.74) is -0.749. The van der Waals surface area contributed by atoms with E-state index < -0.39 is 21.4 Å². The van der Waals surface area contributed by atoms with E-state index in [0.717, 1.165) is 6.42 Å². The third-order valence-electron chi connectivity index (χ3n) is 3.94. The average Bonchev–Trinajstić information content (AvgIpc) is 2.39. The predicted octanol–water partition coefficient (Wildman–Crippen LogP) is 1.32. The Morgan fingerprint density at radius 1 is 1.30 bits per heavy atom. The third-order valence-corrected chi connectivity index (χ3v) is 5.78. The highest BCUT2D eigenvalue weighted by Crippen LogP contribution is 2.37. The number of ether oxygens (including phenoxy) is 1. The number of carboxylic acid groups (broad SMARTS) is 1. The van der Waals surface area contributed by atoms with E-state index in [-0.39, 0.29) is 12.4 Å². The largest absolute Gasteiger partial charge is 0.481 e. The highest BCUT2D eigenvalue weighted by Gasteiger charge is 2.42. The predicted molar refractivity (Wildman–Crippen MR) is 76.1 cm³/mol. The van der Waals surface area contributed by atoms with E-state index in [1.54, 1.807) is 0 Å². The van der Waals surface area contributed by atoms with E-state index in [9.17, 15) is 18.3 Å². The van der Waals surface area contributed by atoms with Crippen LogP contribution in [0.15, 0.2) is 0 Å². The maximum absolute atomic E-state index is 12.1. The lowest BCUT2D eigenvalue weighted by molar-refractivity contribution is -0.152. The van der Waals surface area contributed by atoms with Crippen LogP contribution >= 0.6 is 0 Å². The first-order valence-electron chi connectivity index (χ1n) is 7.17. The fraction of sp³-hybridized carbons (Fsp3) is 0.923. The second-order valence-corrected chi connectivity index (χ2v) is 7.34. The molecular formula is C13H25NO5S. The summed E-state index contributed by atoms with van der Waals surface area (Å²) < 4.78 is 30.7. The fourth-order valence-electron chi connectivity index (χ4n) is 2.68. The minimum absolute atomic E-state index is 0.0330. The molecule has 0 aromatic carbocycles. The summed E-state index contributed by atoms with van der Waals surface area (Å²) in [6.45, 7) is 5.04. The van der Waals surface area contributed by atoms with E-state index in [1.165, 1.54) is 4.31 Å². The van der Waals surface area contributed by atoms with Crippen molar-refractivity contribution in [1.82, 2.24) is 4.31 Å². The van der Waals surface area contributed by atoms with Gasteiger partial charge in [-0.3, -0.25) is 4.79 Å². The highest BCUT2D eigenvalue weighted by molar-refractivity contribution is 7.89. The quantitative estimate of drug-likeness (QED) is 0.684. The van der Waals surface area contributed by atoms with Crippen LogP contribution in [0.1, 0.15) is 39.5 Å². The van der Waals surface area contributed by atoms with Gasteiger partial charge in [-0.1, -0.05) is 13.3 Å². The van der Waals surface area contributed by atoms with Crippen LogP contribution in [0.4, 0.5) is 0 Å². The summed E-state index contributed by atoms with van der Waals surface area (Å²) in [6, 6.07) is 0. The van der Waals surface area contributed by atoms with Crippen molar-refractivity contribution in [2.24, 2.45) is 5.41 Å². The first-order chi connectivity index (χ1) is 9.38. The van der Waals surface area contributed by atoms with Gasteiger partial charge in [-0.05, 0) is 26.2 Å². The van der Waals surface area contributed by atoms with Crippen molar-refractivity contribution in [2.45, 2.75) is 39.5 Å². The molecule has 1 aliphatic heterocycles. The molecule has 6 nitrogen and oxygen atoms in total. The Labute approximate surface area is 121 Å². The van der Waals surface area contributed by atoms with Crippen LogP contribution in [0.5, 0.6) is 0 Å². The average molecular weight is 307 g/mol. The van der Waals surface area contributed by atoms with Gasteiger partial charge < -0.3 is 9.84 Å². The Kier molecular flexibility index (Phi) is 6.42. The van der Waals surface area contributed by atoms with Crippen molar-refractivity contribution in [2.75, 3.05) is 32.1 Å². The van der Waals surface area contributed by atoms with Crippen LogP contribution in [-0.2, 0) is 19.6 Å². The number of nitrogens with zero attached hydrogens (tertiary/aromatic N) is 1. The monoisotopic (exact) mass is 307 g/mol. The number of hydrogen-bond acceptors (Lipinski definition) is 4. The van der Waals surface area contributed by atoms with Crippen molar-refractivity contribution in [3.8, 4) is 0 Å². The third kappa shape index (κ3) is 4.17. The number of piperidine rings is 1. The molecule has 1 fully saturated rings. The molecule has 0 aliphatic carbocycles. The van der Waals surface area contributed by atoms with Crippen LogP contribution in [0.2, 0.25) is 0 Å². The number of sulfonamides is 1. The molecule has 1 N–H and O–H groups in total. The molecule has 118 valence electrons. The zero-order valence-corrected chi connectivity index (χ0v) is 13.1. The molecule has 0 aromatic rings. The van der Waals surface area contributed by atoms with Gasteiger partial charge in [0.2, 0.25) is 10.0 Å². The Morgan fingerprint density at radius 2 is 1.90 bits per heavy atom. The van der Waals surface area contributed by atoms with Crippen LogP contribution in [-0.4, -0.2) is 55.9 Å². The first kappa shape index (κ1) is 17.4. The second kappa shape index (κ2) is 7.38. The van der Waals surface area contributed by atoms with Crippen LogP contribution in [0.3, 0.4) is 0 Å². The number of hydrogen-bond donors (Lipinski definition) is 1. The lowest BCUT2D eigenvalue weighted by atomic mass is 9.75. The van der Waals surface area contributed by atoms with Gasteiger partial charge in [0.25, 0.3) is 0 Å². The molecule has 1 heterocycles. The molecule has 1 rings (SSSR count). The Bertz CT molecular complexity index is 412. The first-order valence-corrected chi connectivity index (χ1v) is 8.78. The van der Waals surface area contributed by atoms with Crippen molar-refractivity contribution < 1.29 is 23.1 Å². The number of carboxylic acids is 1.